The van der Waals surface area contributed by atoms with Crippen molar-refractivity contribution < 1.29 is 26.6 Å². The van der Waals surface area contributed by atoms with Gasteiger partial charge in [-0.25, -0.2) is 0 Å². The summed E-state index contributed by atoms with van der Waals surface area (Å²) in [6, 6.07) is 8.42. The standard InChI is InChI=1S/C18H34O6Si2/c1-9-17(25(19-3,20-4)21-5)15-12-11-13-16(14-15)18(10-2)26(22-6,23-7)24-8/h11-14,17-18H,9-10H2,1-8H3. The second-order valence-corrected chi connectivity index (χ2v) is 12.3. The quantitative estimate of drug-likeness (QED) is 0.499. The summed E-state index contributed by atoms with van der Waals surface area (Å²) in [5, 5.41) is 0. The maximum Gasteiger partial charge on any atom is 0.508 e. The van der Waals surface area contributed by atoms with E-state index in [0.29, 0.717) is 0 Å². The highest BCUT2D eigenvalue weighted by Crippen LogP contribution is 2.36. The third-order valence-corrected chi connectivity index (χ3v) is 11.7. The molecule has 0 fully saturated rings. The van der Waals surface area contributed by atoms with Gasteiger partial charge in [-0.2, -0.15) is 0 Å². The van der Waals surface area contributed by atoms with E-state index in [0.717, 1.165) is 24.0 Å². The van der Waals surface area contributed by atoms with Crippen molar-refractivity contribution in [3.8, 4) is 0 Å². The number of rotatable bonds is 12. The average Bonchev–Trinajstić information content (AvgIpc) is 2.70. The van der Waals surface area contributed by atoms with E-state index in [-0.39, 0.29) is 11.1 Å². The first-order valence-corrected chi connectivity index (χ1v) is 12.5. The van der Waals surface area contributed by atoms with Crippen molar-refractivity contribution in [2.45, 2.75) is 37.8 Å². The first kappa shape index (κ1) is 23.5. The van der Waals surface area contributed by atoms with Crippen LogP contribution in [0.1, 0.15) is 48.9 Å². The molecule has 1 aromatic carbocycles. The van der Waals surface area contributed by atoms with Crippen LogP contribution in [0, 0.1) is 0 Å². The smallest absolute Gasteiger partial charge is 0.376 e. The number of benzene rings is 1. The summed E-state index contributed by atoms with van der Waals surface area (Å²) in [5.74, 6) is 0. The minimum Gasteiger partial charge on any atom is -0.376 e. The third-order valence-electron chi connectivity index (χ3n) is 5.09. The summed E-state index contributed by atoms with van der Waals surface area (Å²) in [6.45, 7) is 4.23. The molecule has 0 aliphatic heterocycles. The van der Waals surface area contributed by atoms with Crippen LogP contribution >= 0.6 is 0 Å². The molecule has 0 aromatic heterocycles. The van der Waals surface area contributed by atoms with Gasteiger partial charge in [0, 0.05) is 42.7 Å². The molecule has 8 heteroatoms. The van der Waals surface area contributed by atoms with E-state index in [1.165, 1.54) is 0 Å². The van der Waals surface area contributed by atoms with Gasteiger partial charge in [0.25, 0.3) is 0 Å². The summed E-state index contributed by atoms with van der Waals surface area (Å²) in [4.78, 5) is 0. The van der Waals surface area contributed by atoms with Gasteiger partial charge >= 0.3 is 17.6 Å². The van der Waals surface area contributed by atoms with Crippen LogP contribution in [0.5, 0.6) is 0 Å². The topological polar surface area (TPSA) is 55.4 Å². The lowest BCUT2D eigenvalue weighted by Gasteiger charge is -2.34. The Hall–Kier alpha value is -0.586. The first-order valence-electron chi connectivity index (χ1n) is 8.88. The molecule has 0 saturated heterocycles. The molecule has 0 heterocycles. The van der Waals surface area contributed by atoms with E-state index < -0.39 is 17.6 Å². The van der Waals surface area contributed by atoms with Gasteiger partial charge in [0.15, 0.2) is 0 Å². The first-order chi connectivity index (χ1) is 12.5. The minimum atomic E-state index is -2.81. The predicted octanol–water partition coefficient (Wildman–Crippen LogP) is 3.51. The van der Waals surface area contributed by atoms with Crippen LogP contribution in [0.25, 0.3) is 0 Å². The molecule has 2 atom stereocenters. The van der Waals surface area contributed by atoms with E-state index in [1.807, 2.05) is 0 Å². The highest BCUT2D eigenvalue weighted by Gasteiger charge is 2.49. The fraction of sp³-hybridized carbons (Fsp3) is 0.667. The van der Waals surface area contributed by atoms with Crippen LogP contribution < -0.4 is 0 Å². The van der Waals surface area contributed by atoms with Crippen molar-refractivity contribution >= 4 is 17.6 Å². The van der Waals surface area contributed by atoms with E-state index >= 15 is 0 Å². The van der Waals surface area contributed by atoms with Crippen molar-refractivity contribution in [3.05, 3.63) is 35.4 Å². The summed E-state index contributed by atoms with van der Waals surface area (Å²) in [5.41, 5.74) is 2.35. The van der Waals surface area contributed by atoms with Gasteiger partial charge in [-0.05, 0) is 24.0 Å². The lowest BCUT2D eigenvalue weighted by atomic mass is 10.0. The summed E-state index contributed by atoms with van der Waals surface area (Å²) in [6.07, 6.45) is 1.70. The number of hydrogen-bond acceptors (Lipinski definition) is 6. The van der Waals surface area contributed by atoms with Crippen molar-refractivity contribution in [3.63, 3.8) is 0 Å². The van der Waals surface area contributed by atoms with Crippen molar-refractivity contribution in [1.82, 2.24) is 0 Å². The van der Waals surface area contributed by atoms with E-state index in [2.05, 4.69) is 38.1 Å². The van der Waals surface area contributed by atoms with Gasteiger partial charge < -0.3 is 26.6 Å². The van der Waals surface area contributed by atoms with E-state index in [4.69, 9.17) is 26.6 Å². The number of hydrogen-bond donors (Lipinski definition) is 0. The summed E-state index contributed by atoms with van der Waals surface area (Å²) >= 11 is 0. The molecular weight excluding hydrogens is 368 g/mol. The molecule has 0 N–H and O–H groups in total. The predicted molar refractivity (Wildman–Crippen MR) is 106 cm³/mol. The molecule has 0 aliphatic rings. The van der Waals surface area contributed by atoms with Crippen LogP contribution in [-0.4, -0.2) is 60.3 Å². The second-order valence-electron chi connectivity index (χ2n) is 6.02. The molecule has 0 aliphatic carbocycles. The summed E-state index contributed by atoms with van der Waals surface area (Å²) in [7, 11) is 4.29. The zero-order chi connectivity index (χ0) is 19.8. The van der Waals surface area contributed by atoms with Gasteiger partial charge in [0.2, 0.25) is 0 Å². The Bertz CT molecular complexity index is 474. The van der Waals surface area contributed by atoms with Crippen molar-refractivity contribution in [2.75, 3.05) is 42.7 Å². The van der Waals surface area contributed by atoms with Gasteiger partial charge in [0.05, 0.1) is 11.1 Å². The minimum absolute atomic E-state index is 0.0451. The molecular formula is C18H34O6Si2. The zero-order valence-electron chi connectivity index (χ0n) is 17.3. The highest BCUT2D eigenvalue weighted by molar-refractivity contribution is 6.63. The molecule has 26 heavy (non-hydrogen) atoms. The van der Waals surface area contributed by atoms with Crippen LogP contribution in [-0.2, 0) is 26.6 Å². The fourth-order valence-electron chi connectivity index (χ4n) is 3.73. The van der Waals surface area contributed by atoms with Gasteiger partial charge in [-0.3, -0.25) is 0 Å². The zero-order valence-corrected chi connectivity index (χ0v) is 19.3. The second kappa shape index (κ2) is 10.7. The Morgan fingerprint density at radius 2 is 0.962 bits per heavy atom. The Morgan fingerprint density at radius 3 is 1.19 bits per heavy atom. The molecule has 6 nitrogen and oxygen atoms in total. The van der Waals surface area contributed by atoms with E-state index in [1.54, 1.807) is 42.7 Å². The van der Waals surface area contributed by atoms with Crippen LogP contribution in [0.4, 0.5) is 0 Å². The molecule has 0 radical (unpaired) electrons. The van der Waals surface area contributed by atoms with E-state index in [9.17, 15) is 0 Å². The van der Waals surface area contributed by atoms with Crippen LogP contribution in [0.15, 0.2) is 24.3 Å². The molecule has 1 rings (SSSR count). The highest BCUT2D eigenvalue weighted by atomic mass is 28.4. The lowest BCUT2D eigenvalue weighted by Crippen LogP contribution is -2.50. The monoisotopic (exact) mass is 402 g/mol. The largest absolute Gasteiger partial charge is 0.508 e. The van der Waals surface area contributed by atoms with Crippen molar-refractivity contribution in [1.29, 1.82) is 0 Å². The Kier molecular flexibility index (Phi) is 9.63. The Balaban J connectivity index is 3.39. The van der Waals surface area contributed by atoms with Gasteiger partial charge in [-0.15, -0.1) is 0 Å². The molecule has 0 amide bonds. The normalized spacial score (nSPS) is 15.1. The van der Waals surface area contributed by atoms with Crippen LogP contribution in [0.3, 0.4) is 0 Å². The Morgan fingerprint density at radius 1 is 0.654 bits per heavy atom. The maximum absolute atomic E-state index is 5.73. The molecule has 150 valence electrons. The third kappa shape index (κ3) is 4.45. The molecule has 0 bridgehead atoms. The summed E-state index contributed by atoms with van der Waals surface area (Å²) < 4.78 is 34.4. The van der Waals surface area contributed by atoms with Crippen LogP contribution in [0.2, 0.25) is 0 Å². The average molecular weight is 403 g/mol. The molecule has 0 spiro atoms. The maximum atomic E-state index is 5.73. The molecule has 2 unspecified atom stereocenters. The van der Waals surface area contributed by atoms with Crippen molar-refractivity contribution in [2.24, 2.45) is 0 Å². The Labute approximate surface area is 160 Å². The molecule has 0 saturated carbocycles. The lowest BCUT2D eigenvalue weighted by molar-refractivity contribution is 0.111. The SMILES string of the molecule is CCC(c1cccc(C(CC)[Si](OC)(OC)OC)c1)[Si](OC)(OC)OC. The van der Waals surface area contributed by atoms with Gasteiger partial charge in [-0.1, -0.05) is 38.1 Å². The molecule has 1 aromatic rings. The van der Waals surface area contributed by atoms with Gasteiger partial charge in [0.1, 0.15) is 0 Å². The fourth-order valence-corrected chi connectivity index (χ4v) is 8.61.